The molecule has 1 aromatic carbocycles. The Labute approximate surface area is 120 Å². The largest absolute Gasteiger partial charge is 0.382 e. The van der Waals surface area contributed by atoms with Crippen LogP contribution in [0, 0.1) is 11.8 Å². The van der Waals surface area contributed by atoms with E-state index in [1.165, 1.54) is 38.5 Å². The first kappa shape index (κ1) is 13.9. The number of anilines is 1. The maximum atomic E-state index is 11.2. The quantitative estimate of drug-likeness (QED) is 0.897. The normalized spacial score (nSPS) is 27.2. The molecule has 0 radical (unpaired) electrons. The Morgan fingerprint density at radius 2 is 1.70 bits per heavy atom. The lowest BCUT2D eigenvalue weighted by Gasteiger charge is -2.30. The van der Waals surface area contributed by atoms with Crippen LogP contribution in [0.4, 0.5) is 5.69 Å². The van der Waals surface area contributed by atoms with Crippen LogP contribution >= 0.6 is 0 Å². The van der Waals surface area contributed by atoms with Gasteiger partial charge in [-0.2, -0.15) is 0 Å². The molecular weight excluding hydrogens is 272 g/mol. The van der Waals surface area contributed by atoms with E-state index in [1.807, 2.05) is 0 Å². The van der Waals surface area contributed by atoms with Crippen LogP contribution in [0.15, 0.2) is 29.2 Å². The van der Waals surface area contributed by atoms with Crippen molar-refractivity contribution in [2.24, 2.45) is 17.0 Å². The van der Waals surface area contributed by atoms with Gasteiger partial charge in [0, 0.05) is 11.7 Å². The molecule has 2 aliphatic rings. The van der Waals surface area contributed by atoms with Crippen molar-refractivity contribution < 1.29 is 8.42 Å². The molecule has 0 bridgehead atoms. The summed E-state index contributed by atoms with van der Waals surface area (Å²) >= 11 is 0. The summed E-state index contributed by atoms with van der Waals surface area (Å²) < 4.78 is 22.4. The van der Waals surface area contributed by atoms with Crippen LogP contribution in [0.2, 0.25) is 0 Å². The van der Waals surface area contributed by atoms with Gasteiger partial charge in [0.2, 0.25) is 10.0 Å². The van der Waals surface area contributed by atoms with E-state index in [4.69, 9.17) is 5.14 Å². The predicted molar refractivity (Wildman–Crippen MR) is 79.9 cm³/mol. The molecule has 0 aromatic heterocycles. The van der Waals surface area contributed by atoms with Gasteiger partial charge in [-0.05, 0) is 61.8 Å². The molecule has 110 valence electrons. The number of rotatable bonds is 4. The molecule has 2 unspecified atom stereocenters. The van der Waals surface area contributed by atoms with Crippen LogP contribution in [0.1, 0.15) is 38.5 Å². The summed E-state index contributed by atoms with van der Waals surface area (Å²) in [5.74, 6) is 1.87. The molecule has 2 atom stereocenters. The second-order valence-electron chi connectivity index (χ2n) is 6.17. The Balaban J connectivity index is 1.62. The molecule has 3 N–H and O–H groups in total. The second-order valence-corrected chi connectivity index (χ2v) is 7.74. The Hall–Kier alpha value is -1.07. The number of primary sulfonamides is 1. The topological polar surface area (TPSA) is 72.2 Å². The lowest BCUT2D eigenvalue weighted by Crippen LogP contribution is -2.28. The summed E-state index contributed by atoms with van der Waals surface area (Å²) in [6.07, 6.45) is 7.98. The van der Waals surface area contributed by atoms with Crippen molar-refractivity contribution in [1.82, 2.24) is 0 Å². The first-order valence-corrected chi connectivity index (χ1v) is 8.96. The van der Waals surface area contributed by atoms with Crippen LogP contribution in [-0.4, -0.2) is 14.5 Å². The third-order valence-electron chi connectivity index (χ3n) is 4.56. The Kier molecular flexibility index (Phi) is 3.73. The van der Waals surface area contributed by atoms with Gasteiger partial charge in [-0.3, -0.25) is 0 Å². The highest BCUT2D eigenvalue weighted by molar-refractivity contribution is 7.89. The predicted octanol–water partition coefficient (Wildman–Crippen LogP) is 2.71. The molecule has 2 saturated carbocycles. The third-order valence-corrected chi connectivity index (χ3v) is 5.49. The molecule has 2 fully saturated rings. The molecule has 4 nitrogen and oxygen atoms in total. The smallest absolute Gasteiger partial charge is 0.238 e. The maximum Gasteiger partial charge on any atom is 0.238 e. The first-order chi connectivity index (χ1) is 9.52. The third kappa shape index (κ3) is 3.33. The summed E-state index contributed by atoms with van der Waals surface area (Å²) in [6.45, 7) is 0. The molecular formula is C15H22N2O2S. The minimum absolute atomic E-state index is 0.169. The maximum absolute atomic E-state index is 11.2. The molecule has 0 heterocycles. The van der Waals surface area contributed by atoms with Crippen molar-refractivity contribution >= 4 is 15.7 Å². The van der Waals surface area contributed by atoms with E-state index in [2.05, 4.69) is 5.32 Å². The minimum atomic E-state index is -3.59. The van der Waals surface area contributed by atoms with E-state index in [0.29, 0.717) is 6.04 Å². The highest BCUT2D eigenvalue weighted by atomic mass is 32.2. The average Bonchev–Trinajstić information content (AvgIpc) is 3.23. The van der Waals surface area contributed by atoms with E-state index >= 15 is 0 Å². The van der Waals surface area contributed by atoms with Gasteiger partial charge in [0.1, 0.15) is 0 Å². The Bertz CT molecular complexity index is 564. The molecule has 2 aliphatic carbocycles. The number of sulfonamides is 1. The van der Waals surface area contributed by atoms with Gasteiger partial charge < -0.3 is 5.32 Å². The molecule has 3 rings (SSSR count). The van der Waals surface area contributed by atoms with E-state index in [1.54, 1.807) is 24.3 Å². The van der Waals surface area contributed by atoms with Gasteiger partial charge in [-0.25, -0.2) is 13.6 Å². The lowest BCUT2D eigenvalue weighted by atomic mass is 9.82. The van der Waals surface area contributed by atoms with Crippen LogP contribution in [0.25, 0.3) is 0 Å². The van der Waals surface area contributed by atoms with E-state index < -0.39 is 10.0 Å². The fourth-order valence-electron chi connectivity index (χ4n) is 3.33. The number of hydrogen-bond donors (Lipinski definition) is 2. The van der Waals surface area contributed by atoms with Gasteiger partial charge in [0.15, 0.2) is 0 Å². The molecule has 20 heavy (non-hydrogen) atoms. The zero-order valence-electron chi connectivity index (χ0n) is 11.6. The fraction of sp³-hybridized carbons (Fsp3) is 0.600. The van der Waals surface area contributed by atoms with Gasteiger partial charge in [0.25, 0.3) is 0 Å². The van der Waals surface area contributed by atoms with E-state index in [-0.39, 0.29) is 4.90 Å². The van der Waals surface area contributed by atoms with Crippen molar-refractivity contribution in [2.45, 2.75) is 49.5 Å². The summed E-state index contributed by atoms with van der Waals surface area (Å²) in [6, 6.07) is 7.27. The second kappa shape index (κ2) is 5.37. The molecule has 0 amide bonds. The standard InChI is InChI=1S/C15H22N2O2S/c16-20(18,19)15-8-6-13(7-9-15)17-14-3-1-2-12(10-14)11-4-5-11/h6-9,11-12,14,17H,1-5,10H2,(H2,16,18,19). The lowest BCUT2D eigenvalue weighted by molar-refractivity contribution is 0.303. The molecule has 0 saturated heterocycles. The van der Waals surface area contributed by atoms with Gasteiger partial charge >= 0.3 is 0 Å². The van der Waals surface area contributed by atoms with Gasteiger partial charge in [0.05, 0.1) is 4.90 Å². The summed E-state index contributed by atoms with van der Waals surface area (Å²) in [7, 11) is -3.59. The average molecular weight is 294 g/mol. The number of benzene rings is 1. The van der Waals surface area contributed by atoms with Crippen LogP contribution in [-0.2, 0) is 10.0 Å². The monoisotopic (exact) mass is 294 g/mol. The van der Waals surface area contributed by atoms with Crippen LogP contribution in [0.5, 0.6) is 0 Å². The summed E-state index contributed by atoms with van der Waals surface area (Å²) in [4.78, 5) is 0.169. The van der Waals surface area contributed by atoms with Crippen molar-refractivity contribution in [2.75, 3.05) is 5.32 Å². The van der Waals surface area contributed by atoms with E-state index in [9.17, 15) is 8.42 Å². The summed E-state index contributed by atoms with van der Waals surface area (Å²) in [5.41, 5.74) is 0.985. The zero-order valence-corrected chi connectivity index (χ0v) is 12.4. The minimum Gasteiger partial charge on any atom is -0.382 e. The molecule has 5 heteroatoms. The van der Waals surface area contributed by atoms with Crippen molar-refractivity contribution in [3.63, 3.8) is 0 Å². The van der Waals surface area contributed by atoms with Crippen molar-refractivity contribution in [1.29, 1.82) is 0 Å². The molecule has 0 spiro atoms. The highest BCUT2D eigenvalue weighted by Gasteiger charge is 2.34. The highest BCUT2D eigenvalue weighted by Crippen LogP contribution is 2.44. The summed E-state index contributed by atoms with van der Waals surface area (Å²) in [5, 5.41) is 8.64. The van der Waals surface area contributed by atoms with Crippen LogP contribution < -0.4 is 10.5 Å². The SMILES string of the molecule is NS(=O)(=O)c1ccc(NC2CCCC(C3CC3)C2)cc1. The van der Waals surface area contributed by atoms with Crippen molar-refractivity contribution in [3.05, 3.63) is 24.3 Å². The number of nitrogens with two attached hydrogens (primary N) is 1. The zero-order chi connectivity index (χ0) is 14.2. The number of nitrogens with one attached hydrogen (secondary N) is 1. The van der Waals surface area contributed by atoms with Gasteiger partial charge in [-0.1, -0.05) is 12.8 Å². The molecule has 1 aromatic rings. The molecule has 0 aliphatic heterocycles. The Morgan fingerprint density at radius 3 is 2.30 bits per heavy atom. The first-order valence-electron chi connectivity index (χ1n) is 7.42. The fourth-order valence-corrected chi connectivity index (χ4v) is 3.85. The number of hydrogen-bond acceptors (Lipinski definition) is 3. The van der Waals surface area contributed by atoms with Gasteiger partial charge in [-0.15, -0.1) is 0 Å². The van der Waals surface area contributed by atoms with E-state index in [0.717, 1.165) is 17.5 Å². The van der Waals surface area contributed by atoms with Crippen molar-refractivity contribution in [3.8, 4) is 0 Å². The van der Waals surface area contributed by atoms with Crippen LogP contribution in [0.3, 0.4) is 0 Å². The Morgan fingerprint density at radius 1 is 1.00 bits per heavy atom.